The maximum atomic E-state index is 5.82. The Kier molecular flexibility index (Phi) is 8.09. The first-order valence-electron chi connectivity index (χ1n) is 8.31. The Balaban J connectivity index is 1.83. The highest BCUT2D eigenvalue weighted by Crippen LogP contribution is 2.26. The van der Waals surface area contributed by atoms with Gasteiger partial charge in [0.2, 0.25) is 0 Å². The molecule has 1 aliphatic rings. The lowest BCUT2D eigenvalue weighted by atomic mass is 10.3. The molecule has 1 heterocycles. The second-order valence-electron chi connectivity index (χ2n) is 5.65. The molecule has 5 heteroatoms. The van der Waals surface area contributed by atoms with Crippen LogP contribution in [0.25, 0.3) is 0 Å². The Morgan fingerprint density at radius 2 is 1.32 bits per heavy atom. The van der Waals surface area contributed by atoms with Gasteiger partial charge in [0.15, 0.2) is 11.5 Å². The summed E-state index contributed by atoms with van der Waals surface area (Å²) in [5, 5.41) is 6.85. The molecule has 1 aliphatic heterocycles. The van der Waals surface area contributed by atoms with Crippen LogP contribution < -0.4 is 20.1 Å². The topological polar surface area (TPSA) is 45.8 Å². The molecule has 0 bridgehead atoms. The number of ether oxygens (including phenoxy) is 2. The minimum absolute atomic E-state index is 0.661. The number of hydrogen-bond donors (Lipinski definition) is 2. The summed E-state index contributed by atoms with van der Waals surface area (Å²) < 4.78 is 11.6. The average molecular weight is 307 g/mol. The predicted octanol–water partition coefficient (Wildman–Crippen LogP) is 1.35. The average Bonchev–Trinajstić information content (AvgIpc) is 2.53. The van der Waals surface area contributed by atoms with Gasteiger partial charge in [-0.15, -0.1) is 0 Å². The predicted molar refractivity (Wildman–Crippen MR) is 89.9 cm³/mol. The highest BCUT2D eigenvalue weighted by Gasteiger charge is 2.04. The van der Waals surface area contributed by atoms with E-state index in [4.69, 9.17) is 9.47 Å². The molecule has 0 atom stereocenters. The minimum Gasteiger partial charge on any atom is -0.488 e. The smallest absolute Gasteiger partial charge is 0.161 e. The standard InChI is InChI=1S/C17H29N3O2/c1-20-12-4-8-18-10-14-21-16-6-2-3-7-17(16)22-15-11-19-9-5-13-20/h2-3,6-7,18-19H,4-5,8-15H2,1H3. The number of fused-ring (bicyclic) bond motifs is 1. The second-order valence-corrected chi connectivity index (χ2v) is 5.65. The molecule has 0 aromatic heterocycles. The Morgan fingerprint density at radius 1 is 0.818 bits per heavy atom. The van der Waals surface area contributed by atoms with Crippen molar-refractivity contribution in [3.8, 4) is 11.5 Å². The first-order valence-corrected chi connectivity index (χ1v) is 8.31. The van der Waals surface area contributed by atoms with Gasteiger partial charge in [-0.25, -0.2) is 0 Å². The van der Waals surface area contributed by atoms with E-state index in [2.05, 4.69) is 22.6 Å². The van der Waals surface area contributed by atoms with Gasteiger partial charge in [-0.1, -0.05) is 12.1 Å². The molecule has 0 radical (unpaired) electrons. The fourth-order valence-electron chi connectivity index (χ4n) is 2.46. The molecule has 5 nitrogen and oxygen atoms in total. The highest BCUT2D eigenvalue weighted by atomic mass is 16.5. The van der Waals surface area contributed by atoms with Gasteiger partial charge in [0.1, 0.15) is 13.2 Å². The molecular weight excluding hydrogens is 278 g/mol. The van der Waals surface area contributed by atoms with E-state index in [1.54, 1.807) is 0 Å². The van der Waals surface area contributed by atoms with Crippen LogP contribution in [0.1, 0.15) is 12.8 Å². The molecule has 0 fully saturated rings. The Morgan fingerprint density at radius 3 is 1.82 bits per heavy atom. The molecule has 1 aromatic carbocycles. The first kappa shape index (κ1) is 17.1. The van der Waals surface area contributed by atoms with Crippen molar-refractivity contribution in [3.05, 3.63) is 24.3 Å². The Labute approximate surface area is 134 Å². The molecular formula is C17H29N3O2. The monoisotopic (exact) mass is 307 g/mol. The fraction of sp³-hybridized carbons (Fsp3) is 0.647. The quantitative estimate of drug-likeness (QED) is 0.757. The van der Waals surface area contributed by atoms with Gasteiger partial charge in [0.05, 0.1) is 0 Å². The molecule has 2 N–H and O–H groups in total. The number of nitrogens with zero attached hydrogens (tertiary/aromatic N) is 1. The molecule has 0 aliphatic carbocycles. The van der Waals surface area contributed by atoms with Crippen molar-refractivity contribution in [2.24, 2.45) is 0 Å². The van der Waals surface area contributed by atoms with Gasteiger partial charge in [-0.05, 0) is 58.2 Å². The molecule has 2 rings (SSSR count). The van der Waals surface area contributed by atoms with Crippen LogP contribution in [-0.2, 0) is 0 Å². The number of para-hydroxylation sites is 2. The third-order valence-electron chi connectivity index (χ3n) is 3.71. The maximum absolute atomic E-state index is 5.82. The van der Waals surface area contributed by atoms with Gasteiger partial charge in [0, 0.05) is 13.1 Å². The van der Waals surface area contributed by atoms with Crippen LogP contribution >= 0.6 is 0 Å². The van der Waals surface area contributed by atoms with Gasteiger partial charge in [0.25, 0.3) is 0 Å². The van der Waals surface area contributed by atoms with Crippen molar-refractivity contribution in [2.75, 3.05) is 59.5 Å². The summed E-state index contributed by atoms with van der Waals surface area (Å²) in [6.45, 7) is 7.38. The zero-order valence-electron chi connectivity index (χ0n) is 13.6. The van der Waals surface area contributed by atoms with Crippen molar-refractivity contribution in [1.82, 2.24) is 15.5 Å². The molecule has 0 unspecified atom stereocenters. The number of nitrogens with one attached hydrogen (secondary N) is 2. The van der Waals surface area contributed by atoms with Crippen LogP contribution in [0.2, 0.25) is 0 Å². The molecule has 0 amide bonds. The third kappa shape index (κ3) is 6.64. The lowest BCUT2D eigenvalue weighted by molar-refractivity contribution is 0.267. The Bertz CT molecular complexity index is 378. The number of hydrogen-bond acceptors (Lipinski definition) is 5. The zero-order valence-corrected chi connectivity index (χ0v) is 13.6. The van der Waals surface area contributed by atoms with Gasteiger partial charge in [-0.3, -0.25) is 0 Å². The third-order valence-corrected chi connectivity index (χ3v) is 3.71. The fourth-order valence-corrected chi connectivity index (χ4v) is 2.46. The van der Waals surface area contributed by atoms with Crippen molar-refractivity contribution >= 4 is 0 Å². The van der Waals surface area contributed by atoms with E-state index in [-0.39, 0.29) is 0 Å². The number of benzene rings is 1. The zero-order chi connectivity index (χ0) is 15.5. The summed E-state index contributed by atoms with van der Waals surface area (Å²) in [7, 11) is 2.19. The summed E-state index contributed by atoms with van der Waals surface area (Å²) in [6.07, 6.45) is 2.34. The maximum Gasteiger partial charge on any atom is 0.161 e. The summed E-state index contributed by atoms with van der Waals surface area (Å²) in [5.41, 5.74) is 0. The summed E-state index contributed by atoms with van der Waals surface area (Å²) in [6, 6.07) is 7.89. The number of rotatable bonds is 0. The van der Waals surface area contributed by atoms with Crippen molar-refractivity contribution in [2.45, 2.75) is 12.8 Å². The van der Waals surface area contributed by atoms with Crippen LogP contribution in [-0.4, -0.2) is 64.4 Å². The summed E-state index contributed by atoms with van der Waals surface area (Å²) >= 11 is 0. The molecule has 1 aromatic rings. The largest absolute Gasteiger partial charge is 0.488 e. The van der Waals surface area contributed by atoms with Crippen molar-refractivity contribution < 1.29 is 9.47 Å². The van der Waals surface area contributed by atoms with E-state index < -0.39 is 0 Å². The van der Waals surface area contributed by atoms with Crippen LogP contribution in [0.5, 0.6) is 11.5 Å². The highest BCUT2D eigenvalue weighted by molar-refractivity contribution is 5.39. The van der Waals surface area contributed by atoms with Crippen LogP contribution in [0.3, 0.4) is 0 Å². The van der Waals surface area contributed by atoms with Crippen molar-refractivity contribution in [1.29, 1.82) is 0 Å². The molecule has 0 saturated carbocycles. The van der Waals surface area contributed by atoms with Crippen molar-refractivity contribution in [3.63, 3.8) is 0 Å². The van der Waals surface area contributed by atoms with E-state index in [1.165, 1.54) is 12.8 Å². The van der Waals surface area contributed by atoms with E-state index in [1.807, 2.05) is 24.3 Å². The molecule has 0 saturated heterocycles. The lowest BCUT2D eigenvalue weighted by Crippen LogP contribution is -2.29. The van der Waals surface area contributed by atoms with E-state index >= 15 is 0 Å². The SMILES string of the molecule is CN1CCCNCCOc2ccccc2OCCNCCC1. The van der Waals surface area contributed by atoms with E-state index in [0.29, 0.717) is 13.2 Å². The normalized spacial score (nSPS) is 20.2. The van der Waals surface area contributed by atoms with Gasteiger partial charge >= 0.3 is 0 Å². The van der Waals surface area contributed by atoms with Crippen LogP contribution in [0, 0.1) is 0 Å². The Hall–Kier alpha value is -1.30. The minimum atomic E-state index is 0.661. The molecule has 124 valence electrons. The lowest BCUT2D eigenvalue weighted by Gasteiger charge is -2.16. The molecule has 0 spiro atoms. The van der Waals surface area contributed by atoms with Gasteiger partial charge in [-0.2, -0.15) is 0 Å². The van der Waals surface area contributed by atoms with Crippen LogP contribution in [0.15, 0.2) is 24.3 Å². The van der Waals surface area contributed by atoms with Crippen LogP contribution in [0.4, 0.5) is 0 Å². The molecule has 22 heavy (non-hydrogen) atoms. The summed E-state index contributed by atoms with van der Waals surface area (Å²) in [5.74, 6) is 1.65. The van der Waals surface area contributed by atoms with E-state index in [0.717, 1.165) is 50.8 Å². The van der Waals surface area contributed by atoms with Gasteiger partial charge < -0.3 is 25.0 Å². The van der Waals surface area contributed by atoms with E-state index in [9.17, 15) is 0 Å². The first-order chi connectivity index (χ1) is 10.9. The summed E-state index contributed by atoms with van der Waals surface area (Å²) in [4.78, 5) is 2.39. The second kappa shape index (κ2) is 10.4.